The maximum atomic E-state index is 13.0. The fraction of sp³-hybridized carbons (Fsp3) is 1.00. The average Bonchev–Trinajstić information content (AvgIpc) is 3.27. The summed E-state index contributed by atoms with van der Waals surface area (Å²) in [6.45, 7) is 14.2. The number of ether oxygens (including phenoxy) is 4. The van der Waals surface area contributed by atoms with Gasteiger partial charge in [-0.2, -0.15) is 34.1 Å². The van der Waals surface area contributed by atoms with Crippen LogP contribution in [-0.4, -0.2) is 95.7 Å². The zero-order valence-corrected chi connectivity index (χ0v) is 21.3. The van der Waals surface area contributed by atoms with Gasteiger partial charge in [0.05, 0.1) is 0 Å². The second kappa shape index (κ2) is 8.07. The van der Waals surface area contributed by atoms with Crippen molar-refractivity contribution < 1.29 is 35.8 Å². The van der Waals surface area contributed by atoms with Gasteiger partial charge in [0.15, 0.2) is 24.9 Å². The molecule has 0 amide bonds. The van der Waals surface area contributed by atoms with Gasteiger partial charge in [-0.05, 0) is 55.4 Å². The van der Waals surface area contributed by atoms with Crippen molar-refractivity contribution in [1.29, 1.82) is 0 Å². The van der Waals surface area contributed by atoms with Gasteiger partial charge in [0.2, 0.25) is 12.6 Å². The van der Waals surface area contributed by atoms with E-state index in [-0.39, 0.29) is 24.2 Å². The Labute approximate surface area is 190 Å². The van der Waals surface area contributed by atoms with Crippen molar-refractivity contribution in [3.8, 4) is 0 Å². The molecule has 4 aliphatic rings. The zero-order chi connectivity index (χ0) is 23.9. The summed E-state index contributed by atoms with van der Waals surface area (Å²) in [6, 6.07) is -1.38. The first-order chi connectivity index (χ1) is 14.7. The van der Waals surface area contributed by atoms with Gasteiger partial charge in [0.1, 0.15) is 0 Å². The molecule has 0 N–H and O–H groups in total. The standard InChI is InChI=1S/C18H34N4O8S2/c1-9(2)19-13-14(20(10(3)4)31(19,23)24)28-17(27-13)18-29-15-16(30-18)22(12(7)8)32(25,26)21(15)11(5)6/h9-18H,1-8H3/t13-,14-,15-,16+,18?/m1/s1. The van der Waals surface area contributed by atoms with Gasteiger partial charge in [0.25, 0.3) is 20.4 Å². The van der Waals surface area contributed by atoms with E-state index in [0.717, 1.165) is 0 Å². The topological polar surface area (TPSA) is 118 Å². The molecule has 12 nitrogen and oxygen atoms in total. The number of hydrogen-bond donors (Lipinski definition) is 0. The summed E-state index contributed by atoms with van der Waals surface area (Å²) in [7, 11) is -7.53. The van der Waals surface area contributed by atoms with Crippen LogP contribution in [0, 0.1) is 0 Å². The third kappa shape index (κ3) is 3.46. The minimum Gasteiger partial charge on any atom is -0.324 e. The molecule has 1 unspecified atom stereocenters. The number of fused-ring (bicyclic) bond motifs is 2. The van der Waals surface area contributed by atoms with Crippen molar-refractivity contribution in [3.63, 3.8) is 0 Å². The van der Waals surface area contributed by atoms with Gasteiger partial charge in [-0.1, -0.05) is 0 Å². The van der Waals surface area contributed by atoms with Crippen LogP contribution in [0.3, 0.4) is 0 Å². The molecule has 4 heterocycles. The predicted molar refractivity (Wildman–Crippen MR) is 113 cm³/mol. The van der Waals surface area contributed by atoms with E-state index in [1.54, 1.807) is 55.4 Å². The normalized spacial score (nSPS) is 38.7. The zero-order valence-electron chi connectivity index (χ0n) is 19.6. The van der Waals surface area contributed by atoms with Crippen LogP contribution in [-0.2, 0) is 39.4 Å². The molecule has 0 saturated carbocycles. The summed E-state index contributed by atoms with van der Waals surface area (Å²) >= 11 is 0. The monoisotopic (exact) mass is 498 g/mol. The Balaban J connectivity index is 1.59. The molecule has 14 heteroatoms. The minimum absolute atomic E-state index is 0.346. The van der Waals surface area contributed by atoms with E-state index >= 15 is 0 Å². The number of rotatable bonds is 5. The average molecular weight is 499 g/mol. The van der Waals surface area contributed by atoms with Gasteiger partial charge >= 0.3 is 0 Å². The molecule has 4 saturated heterocycles. The predicted octanol–water partition coefficient (Wildman–Crippen LogP) is 0.395. The lowest BCUT2D eigenvalue weighted by molar-refractivity contribution is -0.239. The fourth-order valence-electron chi connectivity index (χ4n) is 4.87. The Morgan fingerprint density at radius 2 is 0.656 bits per heavy atom. The van der Waals surface area contributed by atoms with Crippen LogP contribution in [0.5, 0.6) is 0 Å². The van der Waals surface area contributed by atoms with E-state index in [2.05, 4.69) is 0 Å². The second-order valence-corrected chi connectivity index (χ2v) is 13.0. The lowest BCUT2D eigenvalue weighted by atomic mass is 10.3. The van der Waals surface area contributed by atoms with Crippen LogP contribution in [0.25, 0.3) is 0 Å². The third-order valence-corrected chi connectivity index (χ3v) is 10.6. The van der Waals surface area contributed by atoms with Crippen LogP contribution in [0.15, 0.2) is 0 Å². The molecule has 4 rings (SSSR count). The summed E-state index contributed by atoms with van der Waals surface area (Å²) in [4.78, 5) is 0. The Bertz CT molecular complexity index is 805. The van der Waals surface area contributed by atoms with E-state index in [1.807, 2.05) is 0 Å². The molecule has 4 fully saturated rings. The van der Waals surface area contributed by atoms with Gasteiger partial charge < -0.3 is 18.9 Å². The van der Waals surface area contributed by atoms with Gasteiger partial charge in [-0.15, -0.1) is 0 Å². The van der Waals surface area contributed by atoms with E-state index in [0.29, 0.717) is 0 Å². The summed E-state index contributed by atoms with van der Waals surface area (Å²) < 4.78 is 81.4. The molecular formula is C18H34N4O8S2. The van der Waals surface area contributed by atoms with E-state index in [9.17, 15) is 16.8 Å². The van der Waals surface area contributed by atoms with Crippen molar-refractivity contribution >= 4 is 20.4 Å². The van der Waals surface area contributed by atoms with Gasteiger partial charge in [-0.3, -0.25) is 0 Å². The maximum absolute atomic E-state index is 13.0. The number of nitrogens with zero attached hydrogens (tertiary/aromatic N) is 4. The lowest BCUT2D eigenvalue weighted by Gasteiger charge is -2.30. The highest BCUT2D eigenvalue weighted by molar-refractivity contribution is 7.87. The Hall–Kier alpha value is -0.420. The molecule has 0 radical (unpaired) electrons. The van der Waals surface area contributed by atoms with E-state index in [1.165, 1.54) is 17.2 Å². The summed E-state index contributed by atoms with van der Waals surface area (Å²) in [5.74, 6) is 0. The molecule has 0 aromatic rings. The first-order valence-corrected chi connectivity index (χ1v) is 13.8. The van der Waals surface area contributed by atoms with Gasteiger partial charge in [-0.25, -0.2) is 0 Å². The maximum Gasteiger partial charge on any atom is 0.287 e. The number of hydrogen-bond acceptors (Lipinski definition) is 8. The van der Waals surface area contributed by atoms with Crippen molar-refractivity contribution in [3.05, 3.63) is 0 Å². The van der Waals surface area contributed by atoms with Crippen LogP contribution >= 0.6 is 0 Å². The smallest absolute Gasteiger partial charge is 0.287 e. The molecule has 4 aliphatic heterocycles. The SMILES string of the molecule is CC(C)N1[C@@H]2OC(C3O[C@@H]4[C@H](O3)N(C(C)C)S(=O)(=O)N4C(C)C)O[C@H]2N(C(C)C)S1(=O)=O. The Morgan fingerprint density at radius 3 is 0.812 bits per heavy atom. The molecule has 5 atom stereocenters. The summed E-state index contributed by atoms with van der Waals surface area (Å²) in [6.07, 6.45) is -5.45. The highest BCUT2D eigenvalue weighted by atomic mass is 32.2. The molecule has 186 valence electrons. The van der Waals surface area contributed by atoms with Crippen LogP contribution in [0.2, 0.25) is 0 Å². The molecule has 0 aliphatic carbocycles. The second-order valence-electron chi connectivity index (χ2n) is 9.55. The third-order valence-electron chi connectivity index (χ3n) is 5.91. The molecular weight excluding hydrogens is 464 g/mol. The van der Waals surface area contributed by atoms with E-state index in [4.69, 9.17) is 18.9 Å². The molecule has 0 aromatic carbocycles. The lowest BCUT2D eigenvalue weighted by Crippen LogP contribution is -2.47. The fourth-order valence-corrected chi connectivity index (χ4v) is 9.10. The quantitative estimate of drug-likeness (QED) is 0.534. The van der Waals surface area contributed by atoms with E-state index < -0.39 is 57.9 Å². The Morgan fingerprint density at radius 1 is 0.469 bits per heavy atom. The van der Waals surface area contributed by atoms with Crippen molar-refractivity contribution in [2.24, 2.45) is 0 Å². The molecule has 0 aromatic heterocycles. The Kier molecular flexibility index (Phi) is 6.23. The highest BCUT2D eigenvalue weighted by Gasteiger charge is 2.65. The van der Waals surface area contributed by atoms with Crippen molar-refractivity contribution in [2.75, 3.05) is 0 Å². The van der Waals surface area contributed by atoms with Crippen LogP contribution in [0.4, 0.5) is 0 Å². The summed E-state index contributed by atoms with van der Waals surface area (Å²) in [5, 5.41) is 0. The minimum atomic E-state index is -3.76. The van der Waals surface area contributed by atoms with Crippen molar-refractivity contribution in [2.45, 2.75) is 117 Å². The first kappa shape index (κ1) is 24.7. The molecule has 0 spiro atoms. The summed E-state index contributed by atoms with van der Waals surface area (Å²) in [5.41, 5.74) is 0. The van der Waals surface area contributed by atoms with Crippen molar-refractivity contribution in [1.82, 2.24) is 17.2 Å². The van der Waals surface area contributed by atoms with Crippen LogP contribution < -0.4 is 0 Å². The largest absolute Gasteiger partial charge is 0.324 e. The molecule has 0 bridgehead atoms. The molecule has 32 heavy (non-hydrogen) atoms. The first-order valence-electron chi connectivity index (χ1n) is 11.0. The highest BCUT2D eigenvalue weighted by Crippen LogP contribution is 2.44. The van der Waals surface area contributed by atoms with Crippen LogP contribution in [0.1, 0.15) is 55.4 Å². The van der Waals surface area contributed by atoms with Gasteiger partial charge in [0, 0.05) is 24.2 Å².